The van der Waals surface area contributed by atoms with Gasteiger partial charge in [0, 0.05) is 58.0 Å². The van der Waals surface area contributed by atoms with Crippen LogP contribution in [0.3, 0.4) is 0 Å². The number of aliphatic hydroxyl groups is 1. The van der Waals surface area contributed by atoms with E-state index >= 15 is 0 Å². The van der Waals surface area contributed by atoms with Gasteiger partial charge in [0.15, 0.2) is 0 Å². The largest absolute Gasteiger partial charge is 0.466 e. The van der Waals surface area contributed by atoms with Crippen molar-refractivity contribution in [2.75, 3.05) is 59.5 Å². The summed E-state index contributed by atoms with van der Waals surface area (Å²) in [5.74, 6) is -1.96. The van der Waals surface area contributed by atoms with Crippen LogP contribution in [-0.4, -0.2) is 112 Å². The lowest BCUT2D eigenvalue weighted by atomic mass is 10.2. The molecule has 0 fully saturated rings. The fourth-order valence-corrected chi connectivity index (χ4v) is 6.60. The van der Waals surface area contributed by atoms with Crippen LogP contribution in [0.25, 0.3) is 0 Å². The monoisotopic (exact) mass is 987 g/mol. The second-order valence-corrected chi connectivity index (χ2v) is 17.3. The standard InChI is InChI=1S/C52H90O17/c1-2-3-37-62-45(54)29-13-5-21-39-64-47(56)31-15-7-23-41-66-49(58)33-17-9-25-43-68-51(60)35-19-11-27-44-69-52(61)34-18-10-26-42-67-50(59)32-16-8-24-40-65-48(57)30-14-6-22-38-63-46(55)28-12-4-20-36-53/h53H,2-44H2,1H3. The highest BCUT2D eigenvalue weighted by atomic mass is 16.6. The Bertz CT molecular complexity index is 1340. The van der Waals surface area contributed by atoms with Gasteiger partial charge >= 0.3 is 47.8 Å². The third-order valence-corrected chi connectivity index (χ3v) is 10.8. The van der Waals surface area contributed by atoms with E-state index < -0.39 is 0 Å². The molecule has 17 nitrogen and oxygen atoms in total. The summed E-state index contributed by atoms with van der Waals surface area (Å²) in [7, 11) is 0. The highest BCUT2D eigenvalue weighted by Gasteiger charge is 2.10. The van der Waals surface area contributed by atoms with Gasteiger partial charge in [0.05, 0.1) is 52.9 Å². The van der Waals surface area contributed by atoms with Gasteiger partial charge in [0.2, 0.25) is 0 Å². The molecule has 0 amide bonds. The lowest BCUT2D eigenvalue weighted by Gasteiger charge is -2.07. The number of ether oxygens (including phenoxy) is 8. The first-order valence-electron chi connectivity index (χ1n) is 26.4. The van der Waals surface area contributed by atoms with Gasteiger partial charge in [-0.15, -0.1) is 0 Å². The molecule has 0 bridgehead atoms. The minimum absolute atomic E-state index is 0.134. The highest BCUT2D eigenvalue weighted by molar-refractivity contribution is 5.71. The van der Waals surface area contributed by atoms with E-state index in [0.717, 1.165) is 70.6 Å². The van der Waals surface area contributed by atoms with Crippen LogP contribution in [0.1, 0.15) is 225 Å². The summed E-state index contributed by atoms with van der Waals surface area (Å²) in [5, 5.41) is 8.75. The molecule has 0 aromatic heterocycles. The van der Waals surface area contributed by atoms with Crippen LogP contribution in [0, 0.1) is 0 Å². The summed E-state index contributed by atoms with van der Waals surface area (Å²) in [6.45, 7) is 4.87. The Morgan fingerprint density at radius 3 is 0.551 bits per heavy atom. The van der Waals surface area contributed by atoms with Crippen LogP contribution in [0.5, 0.6) is 0 Å². The summed E-state index contributed by atoms with van der Waals surface area (Å²) < 4.78 is 41.9. The molecule has 1 N–H and O–H groups in total. The van der Waals surface area contributed by atoms with Crippen LogP contribution in [0.2, 0.25) is 0 Å². The fourth-order valence-electron chi connectivity index (χ4n) is 6.60. The molecule has 0 aliphatic rings. The Hall–Kier alpha value is -4.28. The van der Waals surface area contributed by atoms with Crippen molar-refractivity contribution in [3.63, 3.8) is 0 Å². The number of carbonyl (C=O) groups is 8. The number of hydrogen-bond donors (Lipinski definition) is 1. The molecule has 0 radical (unpaired) electrons. The van der Waals surface area contributed by atoms with Crippen LogP contribution in [0.4, 0.5) is 0 Å². The van der Waals surface area contributed by atoms with Crippen LogP contribution in [0.15, 0.2) is 0 Å². The molecule has 400 valence electrons. The summed E-state index contributed by atoms with van der Waals surface area (Å²) in [5.41, 5.74) is 0. The summed E-state index contributed by atoms with van der Waals surface area (Å²) >= 11 is 0. The van der Waals surface area contributed by atoms with E-state index in [0.29, 0.717) is 201 Å². The van der Waals surface area contributed by atoms with Crippen molar-refractivity contribution in [2.24, 2.45) is 0 Å². The molecule has 0 heterocycles. The van der Waals surface area contributed by atoms with Crippen molar-refractivity contribution in [2.45, 2.75) is 225 Å². The number of unbranched alkanes of at least 4 members (excludes halogenated alkanes) is 17. The van der Waals surface area contributed by atoms with Gasteiger partial charge in [0.25, 0.3) is 0 Å². The van der Waals surface area contributed by atoms with Gasteiger partial charge in [-0.25, -0.2) is 0 Å². The topological polar surface area (TPSA) is 231 Å². The van der Waals surface area contributed by atoms with Gasteiger partial charge in [-0.3, -0.25) is 38.4 Å². The molecule has 17 heteroatoms. The van der Waals surface area contributed by atoms with E-state index in [1.165, 1.54) is 0 Å². The number of carbonyl (C=O) groups excluding carboxylic acids is 8. The molecular weight excluding hydrogens is 897 g/mol. The number of rotatable bonds is 50. The first kappa shape index (κ1) is 64.7. The van der Waals surface area contributed by atoms with Gasteiger partial charge in [-0.05, 0) is 154 Å². The number of aliphatic hydroxyl groups excluding tert-OH is 1. The maximum Gasteiger partial charge on any atom is 0.305 e. The number of hydrogen-bond acceptors (Lipinski definition) is 17. The Morgan fingerprint density at radius 2 is 0.391 bits per heavy atom. The molecule has 0 aromatic carbocycles. The zero-order chi connectivity index (χ0) is 50.7. The SMILES string of the molecule is CCCCOC(=O)CCCCCOC(=O)CCCCCOC(=O)CCCCCOC(=O)CCCCCOC(=O)CCCCCOC(=O)CCCCCOC(=O)CCCCCOC(=O)CCCCCO. The molecule has 0 saturated heterocycles. The first-order chi connectivity index (χ1) is 33.6. The average Bonchev–Trinajstić information content (AvgIpc) is 3.33. The summed E-state index contributed by atoms with van der Waals surface area (Å²) in [6.07, 6.45) is 21.3. The van der Waals surface area contributed by atoms with Crippen LogP contribution < -0.4 is 0 Å². The van der Waals surface area contributed by atoms with E-state index in [1.54, 1.807) is 0 Å². The van der Waals surface area contributed by atoms with Crippen molar-refractivity contribution in [1.29, 1.82) is 0 Å². The predicted octanol–water partition coefficient (Wildman–Crippen LogP) is 9.61. The van der Waals surface area contributed by atoms with E-state index in [-0.39, 0.29) is 54.4 Å². The van der Waals surface area contributed by atoms with Crippen molar-refractivity contribution < 1.29 is 81.4 Å². The van der Waals surface area contributed by atoms with Crippen molar-refractivity contribution in [3.05, 3.63) is 0 Å². The molecule has 0 spiro atoms. The third kappa shape index (κ3) is 49.9. The van der Waals surface area contributed by atoms with Gasteiger partial charge in [-0.1, -0.05) is 19.8 Å². The molecular formula is C52H90O17. The molecule has 0 aliphatic carbocycles. The van der Waals surface area contributed by atoms with Gasteiger partial charge < -0.3 is 43.0 Å². The van der Waals surface area contributed by atoms with E-state index in [2.05, 4.69) is 0 Å². The van der Waals surface area contributed by atoms with Crippen molar-refractivity contribution in [1.82, 2.24) is 0 Å². The fraction of sp³-hybridized carbons (Fsp3) is 0.846. The van der Waals surface area contributed by atoms with Gasteiger partial charge in [0.1, 0.15) is 0 Å². The Kier molecular flexibility index (Phi) is 47.0. The van der Waals surface area contributed by atoms with Crippen molar-refractivity contribution in [3.8, 4) is 0 Å². The smallest absolute Gasteiger partial charge is 0.305 e. The van der Waals surface area contributed by atoms with E-state index in [1.807, 2.05) is 6.92 Å². The molecule has 0 unspecified atom stereocenters. The summed E-state index contributed by atoms with van der Waals surface area (Å²) in [4.78, 5) is 95.0. The lowest BCUT2D eigenvalue weighted by molar-refractivity contribution is -0.146. The van der Waals surface area contributed by atoms with Crippen LogP contribution >= 0.6 is 0 Å². The molecule has 0 rings (SSSR count). The zero-order valence-corrected chi connectivity index (χ0v) is 42.4. The van der Waals surface area contributed by atoms with Crippen molar-refractivity contribution >= 4 is 47.8 Å². The minimum atomic E-state index is -0.270. The van der Waals surface area contributed by atoms with E-state index in [4.69, 9.17) is 43.0 Å². The molecule has 69 heavy (non-hydrogen) atoms. The van der Waals surface area contributed by atoms with Crippen LogP contribution in [-0.2, 0) is 76.3 Å². The Balaban J connectivity index is 3.49. The minimum Gasteiger partial charge on any atom is -0.466 e. The Labute approximate surface area is 412 Å². The lowest BCUT2D eigenvalue weighted by Crippen LogP contribution is -2.08. The average molecular weight is 987 g/mol. The predicted molar refractivity (Wildman–Crippen MR) is 257 cm³/mol. The highest BCUT2D eigenvalue weighted by Crippen LogP contribution is 2.11. The Morgan fingerprint density at radius 1 is 0.232 bits per heavy atom. The molecule has 0 atom stereocenters. The molecule has 0 saturated carbocycles. The zero-order valence-electron chi connectivity index (χ0n) is 42.4. The quantitative estimate of drug-likeness (QED) is 0.0339. The normalized spacial score (nSPS) is 10.8. The summed E-state index contributed by atoms with van der Waals surface area (Å²) in [6, 6.07) is 0. The third-order valence-electron chi connectivity index (χ3n) is 10.8. The molecule has 0 aliphatic heterocycles. The van der Waals surface area contributed by atoms with E-state index in [9.17, 15) is 38.4 Å². The maximum absolute atomic E-state index is 12.0. The second-order valence-electron chi connectivity index (χ2n) is 17.3. The molecule has 0 aromatic rings. The maximum atomic E-state index is 12.0. The first-order valence-corrected chi connectivity index (χ1v) is 26.4. The number of esters is 8. The van der Waals surface area contributed by atoms with Gasteiger partial charge in [-0.2, -0.15) is 0 Å². The second kappa shape index (κ2) is 50.1.